The van der Waals surface area contributed by atoms with Gasteiger partial charge in [0.15, 0.2) is 0 Å². The highest BCUT2D eigenvalue weighted by Crippen LogP contribution is 2.26. The average molecular weight is 333 g/mol. The summed E-state index contributed by atoms with van der Waals surface area (Å²) >= 11 is 6.10. The van der Waals surface area contributed by atoms with Crippen LogP contribution in [0.1, 0.15) is 12.8 Å². The van der Waals surface area contributed by atoms with Crippen LogP contribution in [0.4, 0.5) is 0 Å². The fourth-order valence-corrected chi connectivity index (χ4v) is 3.06. The van der Waals surface area contributed by atoms with Crippen LogP contribution >= 0.6 is 11.6 Å². The van der Waals surface area contributed by atoms with Crippen LogP contribution in [0.2, 0.25) is 5.02 Å². The number of hydrogen-bond acceptors (Lipinski definition) is 4. The molecule has 1 aromatic carbocycles. The molecule has 1 aromatic rings. The Kier molecular flexibility index (Phi) is 5.87. The van der Waals surface area contributed by atoms with Crippen LogP contribution in [0.15, 0.2) is 24.3 Å². The van der Waals surface area contributed by atoms with E-state index in [9.17, 15) is 8.42 Å². The maximum atomic E-state index is 11.0. The summed E-state index contributed by atoms with van der Waals surface area (Å²) in [6, 6.07) is 7.46. The lowest BCUT2D eigenvalue weighted by atomic mass is 10.1. The van der Waals surface area contributed by atoms with E-state index >= 15 is 0 Å². The fourth-order valence-electron chi connectivity index (χ4n) is 2.42. The Bertz CT molecular complexity index is 565. The molecule has 0 bridgehead atoms. The zero-order valence-electron chi connectivity index (χ0n) is 12.1. The summed E-state index contributed by atoms with van der Waals surface area (Å²) in [5.41, 5.74) is 0. The van der Waals surface area contributed by atoms with Crippen molar-refractivity contribution in [3.8, 4) is 5.75 Å². The van der Waals surface area contributed by atoms with E-state index in [2.05, 4.69) is 9.62 Å². The van der Waals surface area contributed by atoms with Crippen LogP contribution in [0.3, 0.4) is 0 Å². The van der Waals surface area contributed by atoms with Crippen molar-refractivity contribution in [2.75, 3.05) is 32.4 Å². The summed E-state index contributed by atoms with van der Waals surface area (Å²) in [4.78, 5) is 2.21. The lowest BCUT2D eigenvalue weighted by Crippen LogP contribution is -2.44. The predicted molar refractivity (Wildman–Crippen MR) is 84.4 cm³/mol. The van der Waals surface area contributed by atoms with Gasteiger partial charge in [-0.1, -0.05) is 23.7 Å². The molecule has 0 spiro atoms. The van der Waals surface area contributed by atoms with E-state index in [1.165, 1.54) is 6.26 Å². The van der Waals surface area contributed by atoms with Gasteiger partial charge < -0.3 is 4.74 Å². The summed E-state index contributed by atoms with van der Waals surface area (Å²) < 4.78 is 30.6. The van der Waals surface area contributed by atoms with E-state index in [0.29, 0.717) is 23.9 Å². The third kappa shape index (κ3) is 5.82. The van der Waals surface area contributed by atoms with Crippen molar-refractivity contribution in [1.82, 2.24) is 9.62 Å². The van der Waals surface area contributed by atoms with Crippen molar-refractivity contribution >= 4 is 21.6 Å². The number of para-hydroxylation sites is 1. The van der Waals surface area contributed by atoms with Gasteiger partial charge in [-0.15, -0.1) is 0 Å². The summed E-state index contributed by atoms with van der Waals surface area (Å²) in [6.07, 6.45) is 3.29. The second-order valence-electron chi connectivity index (χ2n) is 5.28. The molecule has 1 atom stereocenters. The van der Waals surface area contributed by atoms with Gasteiger partial charge in [-0.25, -0.2) is 13.1 Å². The Morgan fingerprint density at radius 1 is 1.43 bits per heavy atom. The molecule has 21 heavy (non-hydrogen) atoms. The number of likely N-dealkylation sites (tertiary alicyclic amines) is 1. The minimum atomic E-state index is -3.12. The van der Waals surface area contributed by atoms with Gasteiger partial charge >= 0.3 is 0 Å². The normalized spacial score (nSPS) is 20.4. The van der Waals surface area contributed by atoms with Gasteiger partial charge in [0.2, 0.25) is 10.0 Å². The highest BCUT2D eigenvalue weighted by atomic mass is 35.5. The first kappa shape index (κ1) is 16.5. The first-order valence-corrected chi connectivity index (χ1v) is 9.29. The molecule has 1 fully saturated rings. The zero-order chi connectivity index (χ0) is 15.3. The van der Waals surface area contributed by atoms with E-state index in [1.807, 2.05) is 24.3 Å². The van der Waals surface area contributed by atoms with E-state index in [0.717, 1.165) is 25.9 Å². The molecule has 0 radical (unpaired) electrons. The molecule has 0 aliphatic carbocycles. The Morgan fingerprint density at radius 3 is 2.90 bits per heavy atom. The number of halogens is 1. The van der Waals surface area contributed by atoms with Gasteiger partial charge in [0.05, 0.1) is 11.3 Å². The standard InChI is InChI=1S/C14H21ClN2O3S/c1-21(18,19)16-8-10-17-9-4-5-12(11-17)20-14-7-3-2-6-13(14)15/h2-3,6-7,12,16H,4-5,8-11H2,1H3/t12-/m1/s1. The van der Waals surface area contributed by atoms with Crippen molar-refractivity contribution in [1.29, 1.82) is 0 Å². The molecule has 0 aromatic heterocycles. The zero-order valence-corrected chi connectivity index (χ0v) is 13.7. The molecule has 0 unspecified atom stereocenters. The van der Waals surface area contributed by atoms with E-state index in [4.69, 9.17) is 16.3 Å². The number of piperidine rings is 1. The number of rotatable bonds is 6. The molecule has 1 aliphatic rings. The molecule has 1 heterocycles. The highest BCUT2D eigenvalue weighted by Gasteiger charge is 2.21. The Hall–Kier alpha value is -0.820. The number of nitrogens with zero attached hydrogens (tertiary/aromatic N) is 1. The topological polar surface area (TPSA) is 58.6 Å². The number of nitrogens with one attached hydrogen (secondary N) is 1. The van der Waals surface area contributed by atoms with E-state index in [1.54, 1.807) is 0 Å². The van der Waals surface area contributed by atoms with Crippen molar-refractivity contribution in [2.45, 2.75) is 18.9 Å². The smallest absolute Gasteiger partial charge is 0.208 e. The van der Waals surface area contributed by atoms with Gasteiger partial charge in [-0.2, -0.15) is 0 Å². The molecule has 7 heteroatoms. The van der Waals surface area contributed by atoms with Gasteiger partial charge in [0.25, 0.3) is 0 Å². The maximum Gasteiger partial charge on any atom is 0.208 e. The second-order valence-corrected chi connectivity index (χ2v) is 7.52. The van der Waals surface area contributed by atoms with Gasteiger partial charge in [0.1, 0.15) is 11.9 Å². The minimum absolute atomic E-state index is 0.0943. The number of sulfonamides is 1. The summed E-state index contributed by atoms with van der Waals surface area (Å²) in [6.45, 7) is 2.87. The monoisotopic (exact) mass is 332 g/mol. The Balaban J connectivity index is 1.82. The van der Waals surface area contributed by atoms with E-state index < -0.39 is 10.0 Å². The molecule has 118 valence electrons. The largest absolute Gasteiger partial charge is 0.488 e. The maximum absolute atomic E-state index is 11.0. The SMILES string of the molecule is CS(=O)(=O)NCCN1CCC[C@@H](Oc2ccccc2Cl)C1. The predicted octanol–water partition coefficient (Wildman–Crippen LogP) is 1.73. The Labute approximate surface area is 131 Å². The van der Waals surface area contributed by atoms with Crippen molar-refractivity contribution < 1.29 is 13.2 Å². The molecule has 2 rings (SSSR count). The Morgan fingerprint density at radius 2 is 2.19 bits per heavy atom. The molecule has 1 aliphatic heterocycles. The molecular formula is C14H21ClN2O3S. The molecule has 1 N–H and O–H groups in total. The molecule has 0 saturated carbocycles. The highest BCUT2D eigenvalue weighted by molar-refractivity contribution is 7.88. The quantitative estimate of drug-likeness (QED) is 0.862. The lowest BCUT2D eigenvalue weighted by molar-refractivity contribution is 0.0900. The first-order valence-electron chi connectivity index (χ1n) is 7.02. The summed E-state index contributed by atoms with van der Waals surface area (Å²) in [7, 11) is -3.12. The molecular weight excluding hydrogens is 312 g/mol. The van der Waals surface area contributed by atoms with Crippen LogP contribution < -0.4 is 9.46 Å². The average Bonchev–Trinajstić information content (AvgIpc) is 2.40. The van der Waals surface area contributed by atoms with Gasteiger partial charge in [-0.3, -0.25) is 4.90 Å². The molecule has 1 saturated heterocycles. The lowest BCUT2D eigenvalue weighted by Gasteiger charge is -2.33. The summed E-state index contributed by atoms with van der Waals surface area (Å²) in [5, 5.41) is 0.619. The third-order valence-corrected chi connectivity index (χ3v) is 4.43. The minimum Gasteiger partial charge on any atom is -0.488 e. The van der Waals surface area contributed by atoms with Crippen LogP contribution in [0.25, 0.3) is 0 Å². The summed E-state index contributed by atoms with van der Waals surface area (Å²) in [5.74, 6) is 0.709. The van der Waals surface area contributed by atoms with Crippen LogP contribution in [-0.2, 0) is 10.0 Å². The van der Waals surface area contributed by atoms with Crippen molar-refractivity contribution in [3.63, 3.8) is 0 Å². The van der Waals surface area contributed by atoms with Gasteiger partial charge in [-0.05, 0) is 31.5 Å². The molecule has 0 amide bonds. The van der Waals surface area contributed by atoms with Crippen molar-refractivity contribution in [3.05, 3.63) is 29.3 Å². The van der Waals surface area contributed by atoms with Crippen molar-refractivity contribution in [2.24, 2.45) is 0 Å². The van der Waals surface area contributed by atoms with Crippen LogP contribution in [0, 0.1) is 0 Å². The fraction of sp³-hybridized carbons (Fsp3) is 0.571. The second kappa shape index (κ2) is 7.45. The first-order chi connectivity index (χ1) is 9.94. The molecule has 5 nitrogen and oxygen atoms in total. The van der Waals surface area contributed by atoms with Crippen LogP contribution in [0.5, 0.6) is 5.75 Å². The number of ether oxygens (including phenoxy) is 1. The number of benzene rings is 1. The number of hydrogen-bond donors (Lipinski definition) is 1. The van der Waals surface area contributed by atoms with Crippen LogP contribution in [-0.4, -0.2) is 51.9 Å². The third-order valence-electron chi connectivity index (χ3n) is 3.38. The van der Waals surface area contributed by atoms with Gasteiger partial charge in [0, 0.05) is 19.6 Å². The van der Waals surface area contributed by atoms with E-state index in [-0.39, 0.29) is 6.10 Å².